The first kappa shape index (κ1) is 25.1. The standard InChI is InChI=1S/C31H32N4O3/c1-22-9-6-7-12-27(22)34-16-18-35(19-17-34)28-15-14-25(21-26(28)33-31(37)29-13-8-20-38-29)30(36)32-23(2)24-10-4-3-5-11-24/h3-15,20-21,23H,16-19H2,1-2H3,(H,32,36)(H,33,37)/t23-/m0/s1. The number of nitrogens with zero attached hydrogens (tertiary/aromatic N) is 2. The maximum absolute atomic E-state index is 13.2. The van der Waals surface area contributed by atoms with Crippen LogP contribution in [-0.2, 0) is 0 Å². The molecular weight excluding hydrogens is 476 g/mol. The number of hydrogen-bond donors (Lipinski definition) is 2. The number of benzene rings is 3. The average molecular weight is 509 g/mol. The van der Waals surface area contributed by atoms with Gasteiger partial charge in [-0.25, -0.2) is 0 Å². The van der Waals surface area contributed by atoms with Crippen molar-refractivity contribution < 1.29 is 14.0 Å². The first-order chi connectivity index (χ1) is 18.5. The molecule has 1 aromatic heterocycles. The van der Waals surface area contributed by atoms with Crippen molar-refractivity contribution in [1.82, 2.24) is 5.32 Å². The molecule has 0 aliphatic carbocycles. The minimum atomic E-state index is -0.356. The molecule has 5 rings (SSSR count). The molecule has 4 aromatic rings. The summed E-state index contributed by atoms with van der Waals surface area (Å²) in [6, 6.07) is 26.9. The van der Waals surface area contributed by atoms with Gasteiger partial charge in [0.05, 0.1) is 23.7 Å². The highest BCUT2D eigenvalue weighted by Gasteiger charge is 2.23. The van der Waals surface area contributed by atoms with Crippen LogP contribution in [0, 0.1) is 6.92 Å². The Balaban J connectivity index is 1.36. The van der Waals surface area contributed by atoms with E-state index in [4.69, 9.17) is 4.42 Å². The van der Waals surface area contributed by atoms with Gasteiger partial charge in [0.25, 0.3) is 11.8 Å². The zero-order chi connectivity index (χ0) is 26.5. The number of amides is 2. The van der Waals surface area contributed by atoms with Gasteiger partial charge in [0.1, 0.15) is 0 Å². The number of hydrogen-bond acceptors (Lipinski definition) is 5. The largest absolute Gasteiger partial charge is 0.459 e. The van der Waals surface area contributed by atoms with E-state index in [0.717, 1.165) is 37.4 Å². The van der Waals surface area contributed by atoms with Gasteiger partial charge in [0.2, 0.25) is 0 Å². The van der Waals surface area contributed by atoms with Crippen LogP contribution >= 0.6 is 0 Å². The number of rotatable bonds is 7. The van der Waals surface area contributed by atoms with Crippen LogP contribution in [0.5, 0.6) is 0 Å². The van der Waals surface area contributed by atoms with Crippen molar-refractivity contribution >= 4 is 28.9 Å². The first-order valence-electron chi connectivity index (χ1n) is 12.9. The first-order valence-corrected chi connectivity index (χ1v) is 12.9. The van der Waals surface area contributed by atoms with Gasteiger partial charge in [-0.15, -0.1) is 0 Å². The van der Waals surface area contributed by atoms with E-state index in [1.807, 2.05) is 49.4 Å². The number of carbonyl (C=O) groups excluding carboxylic acids is 2. The second-order valence-electron chi connectivity index (χ2n) is 9.53. The number of aryl methyl sites for hydroxylation is 1. The number of furan rings is 1. The van der Waals surface area contributed by atoms with Crippen LogP contribution < -0.4 is 20.4 Å². The number of anilines is 3. The Bertz CT molecular complexity index is 1390. The van der Waals surface area contributed by atoms with Crippen molar-refractivity contribution in [3.05, 3.63) is 114 Å². The molecule has 1 aliphatic rings. The van der Waals surface area contributed by atoms with Crippen molar-refractivity contribution in [1.29, 1.82) is 0 Å². The lowest BCUT2D eigenvalue weighted by Crippen LogP contribution is -2.47. The van der Waals surface area contributed by atoms with Crippen LogP contribution in [0.2, 0.25) is 0 Å². The number of nitrogens with one attached hydrogen (secondary N) is 2. The Kier molecular flexibility index (Phi) is 7.45. The van der Waals surface area contributed by atoms with Crippen LogP contribution in [-0.4, -0.2) is 38.0 Å². The highest BCUT2D eigenvalue weighted by molar-refractivity contribution is 6.05. The zero-order valence-electron chi connectivity index (χ0n) is 21.7. The molecule has 7 heteroatoms. The third-order valence-electron chi connectivity index (χ3n) is 6.98. The molecule has 0 saturated carbocycles. The lowest BCUT2D eigenvalue weighted by atomic mass is 10.1. The molecule has 2 amide bonds. The average Bonchev–Trinajstić information content (AvgIpc) is 3.49. The molecule has 7 nitrogen and oxygen atoms in total. The molecule has 0 spiro atoms. The highest BCUT2D eigenvalue weighted by atomic mass is 16.3. The zero-order valence-corrected chi connectivity index (χ0v) is 21.7. The minimum Gasteiger partial charge on any atom is -0.459 e. The molecule has 1 aliphatic heterocycles. The van der Waals surface area contributed by atoms with Gasteiger partial charge in [0, 0.05) is 37.4 Å². The van der Waals surface area contributed by atoms with E-state index in [2.05, 4.69) is 51.6 Å². The fraction of sp³-hybridized carbons (Fsp3) is 0.226. The summed E-state index contributed by atoms with van der Waals surface area (Å²) in [5.41, 5.74) is 5.46. The Hall–Kier alpha value is -4.52. The van der Waals surface area contributed by atoms with Crippen molar-refractivity contribution in [3.8, 4) is 0 Å². The Morgan fingerprint density at radius 2 is 1.47 bits per heavy atom. The molecule has 1 fully saturated rings. The van der Waals surface area contributed by atoms with E-state index < -0.39 is 0 Å². The summed E-state index contributed by atoms with van der Waals surface area (Å²) in [4.78, 5) is 30.7. The quantitative estimate of drug-likeness (QED) is 0.337. The molecule has 1 saturated heterocycles. The number of carbonyl (C=O) groups is 2. The number of para-hydroxylation sites is 1. The van der Waals surface area contributed by atoms with Gasteiger partial charge in [-0.05, 0) is 61.4 Å². The lowest BCUT2D eigenvalue weighted by Gasteiger charge is -2.38. The molecule has 194 valence electrons. The normalized spacial score (nSPS) is 14.2. The molecule has 0 unspecified atom stereocenters. The molecule has 0 radical (unpaired) electrons. The topological polar surface area (TPSA) is 77.8 Å². The van der Waals surface area contributed by atoms with Gasteiger partial charge < -0.3 is 24.9 Å². The fourth-order valence-electron chi connectivity index (χ4n) is 4.86. The van der Waals surface area contributed by atoms with E-state index in [0.29, 0.717) is 11.3 Å². The van der Waals surface area contributed by atoms with Crippen molar-refractivity contribution in [3.63, 3.8) is 0 Å². The van der Waals surface area contributed by atoms with E-state index in [1.165, 1.54) is 17.5 Å². The second-order valence-corrected chi connectivity index (χ2v) is 9.53. The SMILES string of the molecule is Cc1ccccc1N1CCN(c2ccc(C(=O)N[C@@H](C)c3ccccc3)cc2NC(=O)c2ccco2)CC1. The summed E-state index contributed by atoms with van der Waals surface area (Å²) in [6.45, 7) is 7.37. The van der Waals surface area contributed by atoms with Crippen LogP contribution in [0.4, 0.5) is 17.1 Å². The van der Waals surface area contributed by atoms with Gasteiger partial charge in [0.15, 0.2) is 5.76 Å². The second kappa shape index (κ2) is 11.3. The van der Waals surface area contributed by atoms with Gasteiger partial charge in [-0.2, -0.15) is 0 Å². The molecule has 0 bridgehead atoms. The van der Waals surface area contributed by atoms with E-state index in [-0.39, 0.29) is 23.6 Å². The van der Waals surface area contributed by atoms with Gasteiger partial charge >= 0.3 is 0 Å². The molecule has 2 heterocycles. The van der Waals surface area contributed by atoms with Crippen LogP contribution in [0.3, 0.4) is 0 Å². The lowest BCUT2D eigenvalue weighted by molar-refractivity contribution is 0.0938. The minimum absolute atomic E-state index is 0.154. The van der Waals surface area contributed by atoms with E-state index in [1.54, 1.807) is 18.2 Å². The van der Waals surface area contributed by atoms with Crippen molar-refractivity contribution in [2.75, 3.05) is 41.3 Å². The molecule has 2 N–H and O–H groups in total. The van der Waals surface area contributed by atoms with Crippen LogP contribution in [0.25, 0.3) is 0 Å². The van der Waals surface area contributed by atoms with Gasteiger partial charge in [-0.1, -0.05) is 48.5 Å². The van der Waals surface area contributed by atoms with Gasteiger partial charge in [-0.3, -0.25) is 9.59 Å². The third kappa shape index (κ3) is 5.57. The highest BCUT2D eigenvalue weighted by Crippen LogP contribution is 2.31. The fourth-order valence-corrected chi connectivity index (χ4v) is 4.86. The Morgan fingerprint density at radius 1 is 0.789 bits per heavy atom. The summed E-state index contributed by atoms with van der Waals surface area (Å²) in [6.07, 6.45) is 1.47. The van der Waals surface area contributed by atoms with Crippen LogP contribution in [0.1, 0.15) is 45.0 Å². The predicted molar refractivity (Wildman–Crippen MR) is 151 cm³/mol. The maximum Gasteiger partial charge on any atom is 0.291 e. The molecule has 38 heavy (non-hydrogen) atoms. The summed E-state index contributed by atoms with van der Waals surface area (Å²) in [5.74, 6) is -0.344. The summed E-state index contributed by atoms with van der Waals surface area (Å²) in [5, 5.41) is 6.03. The van der Waals surface area contributed by atoms with E-state index in [9.17, 15) is 9.59 Å². The molecule has 1 atom stereocenters. The van der Waals surface area contributed by atoms with Crippen molar-refractivity contribution in [2.24, 2.45) is 0 Å². The molecular formula is C31H32N4O3. The summed E-state index contributed by atoms with van der Waals surface area (Å²) >= 11 is 0. The smallest absolute Gasteiger partial charge is 0.291 e. The molecule has 3 aromatic carbocycles. The monoisotopic (exact) mass is 508 g/mol. The third-order valence-corrected chi connectivity index (χ3v) is 6.98. The van der Waals surface area contributed by atoms with Crippen molar-refractivity contribution in [2.45, 2.75) is 19.9 Å². The van der Waals surface area contributed by atoms with E-state index >= 15 is 0 Å². The van der Waals surface area contributed by atoms with Crippen LogP contribution in [0.15, 0.2) is 95.6 Å². The predicted octanol–water partition coefficient (Wildman–Crippen LogP) is 5.66. The maximum atomic E-state index is 13.2. The Labute approximate surface area is 223 Å². The Morgan fingerprint density at radius 3 is 2.16 bits per heavy atom. The summed E-state index contributed by atoms with van der Waals surface area (Å²) in [7, 11) is 0. The summed E-state index contributed by atoms with van der Waals surface area (Å²) < 4.78 is 5.29. The number of piperazine rings is 1.